The summed E-state index contributed by atoms with van der Waals surface area (Å²) in [7, 11) is 0. The van der Waals surface area contributed by atoms with Gasteiger partial charge < -0.3 is 20.1 Å². The Bertz CT molecular complexity index is 939. The maximum atomic E-state index is 13.0. The van der Waals surface area contributed by atoms with Crippen LogP contribution in [0.2, 0.25) is 0 Å². The molecule has 2 aromatic rings. The lowest BCUT2D eigenvalue weighted by Gasteiger charge is -2.25. The highest BCUT2D eigenvalue weighted by molar-refractivity contribution is 5.85. The molecule has 0 saturated carbocycles. The molecule has 2 atom stereocenters. The quantitative estimate of drug-likeness (QED) is 0.449. The van der Waals surface area contributed by atoms with Crippen LogP contribution in [-0.4, -0.2) is 35.7 Å². The van der Waals surface area contributed by atoms with Gasteiger partial charge in [-0.05, 0) is 50.7 Å². The first-order valence-electron chi connectivity index (χ1n) is 12.0. The molecule has 0 aliphatic heterocycles. The summed E-state index contributed by atoms with van der Waals surface area (Å²) in [5, 5.41) is 5.62. The summed E-state index contributed by atoms with van der Waals surface area (Å²) in [5.41, 5.74) is 1.19. The van der Waals surface area contributed by atoms with Crippen LogP contribution in [0.25, 0.3) is 0 Å². The van der Waals surface area contributed by atoms with Crippen LogP contribution in [0.5, 0.6) is 0 Å². The second-order valence-corrected chi connectivity index (χ2v) is 10.1. The standard InChI is InChI=1S/C28H38N2O5/c1-20(2)16-24(26(32)34-19-22-14-10-7-11-15-22)30-25(31)18-23(17-21-12-8-6-9-13-21)29-27(33)35-28(3,4)5/h6-15,20,23-24H,16-19H2,1-5H3,(H,29,33)(H,30,31)/t23-,24-/m1/s1. The third-order valence-corrected chi connectivity index (χ3v) is 5.03. The predicted molar refractivity (Wildman–Crippen MR) is 136 cm³/mol. The largest absolute Gasteiger partial charge is 0.459 e. The van der Waals surface area contributed by atoms with Gasteiger partial charge in [-0.2, -0.15) is 0 Å². The summed E-state index contributed by atoms with van der Waals surface area (Å²) in [6.45, 7) is 9.44. The van der Waals surface area contributed by atoms with E-state index >= 15 is 0 Å². The molecule has 35 heavy (non-hydrogen) atoms. The van der Waals surface area contributed by atoms with E-state index in [1.54, 1.807) is 20.8 Å². The molecule has 0 aliphatic carbocycles. The van der Waals surface area contributed by atoms with Crippen LogP contribution in [0.3, 0.4) is 0 Å². The van der Waals surface area contributed by atoms with Crippen LogP contribution in [0.15, 0.2) is 60.7 Å². The minimum absolute atomic E-state index is 0.00526. The van der Waals surface area contributed by atoms with Crippen molar-refractivity contribution in [3.63, 3.8) is 0 Å². The maximum absolute atomic E-state index is 13.0. The van der Waals surface area contributed by atoms with E-state index in [0.29, 0.717) is 12.8 Å². The topological polar surface area (TPSA) is 93.7 Å². The average molecular weight is 483 g/mol. The van der Waals surface area contributed by atoms with E-state index in [1.807, 2.05) is 74.5 Å². The van der Waals surface area contributed by atoms with Gasteiger partial charge in [-0.25, -0.2) is 9.59 Å². The van der Waals surface area contributed by atoms with E-state index in [9.17, 15) is 14.4 Å². The average Bonchev–Trinajstić information content (AvgIpc) is 2.76. The Morgan fingerprint density at radius 2 is 1.43 bits per heavy atom. The van der Waals surface area contributed by atoms with Crippen LogP contribution in [0, 0.1) is 5.92 Å². The second kappa shape index (κ2) is 13.5. The molecule has 0 unspecified atom stereocenters. The van der Waals surface area contributed by atoms with Crippen molar-refractivity contribution >= 4 is 18.0 Å². The molecule has 2 amide bonds. The predicted octanol–water partition coefficient (Wildman–Crippen LogP) is 4.79. The number of hydrogen-bond acceptors (Lipinski definition) is 5. The number of nitrogens with one attached hydrogen (secondary N) is 2. The molecule has 0 fully saturated rings. The third kappa shape index (κ3) is 11.6. The van der Waals surface area contributed by atoms with Crippen molar-refractivity contribution in [2.45, 2.75) is 78.2 Å². The molecule has 0 radical (unpaired) electrons. The van der Waals surface area contributed by atoms with Gasteiger partial charge >= 0.3 is 12.1 Å². The summed E-state index contributed by atoms with van der Waals surface area (Å²) in [6.07, 6.45) is 0.296. The smallest absolute Gasteiger partial charge is 0.407 e. The van der Waals surface area contributed by atoms with E-state index in [0.717, 1.165) is 11.1 Å². The third-order valence-electron chi connectivity index (χ3n) is 5.03. The fraction of sp³-hybridized carbons (Fsp3) is 0.464. The first-order valence-corrected chi connectivity index (χ1v) is 12.0. The number of carbonyl (C=O) groups is 3. The van der Waals surface area contributed by atoms with Gasteiger partial charge in [0.1, 0.15) is 18.2 Å². The molecule has 0 spiro atoms. The summed E-state index contributed by atoms with van der Waals surface area (Å²) in [5.74, 6) is -0.649. The van der Waals surface area contributed by atoms with Crippen molar-refractivity contribution in [1.82, 2.24) is 10.6 Å². The van der Waals surface area contributed by atoms with E-state index in [1.165, 1.54) is 0 Å². The second-order valence-electron chi connectivity index (χ2n) is 10.1. The Morgan fingerprint density at radius 3 is 1.97 bits per heavy atom. The van der Waals surface area contributed by atoms with Crippen molar-refractivity contribution in [1.29, 1.82) is 0 Å². The van der Waals surface area contributed by atoms with Gasteiger partial charge in [-0.15, -0.1) is 0 Å². The molecular weight excluding hydrogens is 444 g/mol. The van der Waals surface area contributed by atoms with Crippen molar-refractivity contribution in [3.8, 4) is 0 Å². The Hall–Kier alpha value is -3.35. The Labute approximate surface area is 208 Å². The fourth-order valence-electron chi connectivity index (χ4n) is 3.54. The highest BCUT2D eigenvalue weighted by Crippen LogP contribution is 2.12. The van der Waals surface area contributed by atoms with Crippen molar-refractivity contribution in [2.24, 2.45) is 5.92 Å². The number of rotatable bonds is 11. The lowest BCUT2D eigenvalue weighted by atomic mass is 10.0. The van der Waals surface area contributed by atoms with Gasteiger partial charge in [0, 0.05) is 12.5 Å². The zero-order valence-corrected chi connectivity index (χ0v) is 21.4. The van der Waals surface area contributed by atoms with E-state index < -0.39 is 29.7 Å². The van der Waals surface area contributed by atoms with Gasteiger partial charge in [0.05, 0.1) is 0 Å². The number of carbonyl (C=O) groups excluding carboxylic acids is 3. The van der Waals surface area contributed by atoms with E-state index in [-0.39, 0.29) is 24.9 Å². The number of hydrogen-bond donors (Lipinski definition) is 2. The molecule has 0 aromatic heterocycles. The molecule has 0 heterocycles. The SMILES string of the molecule is CC(C)C[C@@H](NC(=O)C[C@@H](Cc1ccccc1)NC(=O)OC(C)(C)C)C(=O)OCc1ccccc1. The Morgan fingerprint density at radius 1 is 0.857 bits per heavy atom. The summed E-state index contributed by atoms with van der Waals surface area (Å²) in [6, 6.07) is 17.7. The minimum Gasteiger partial charge on any atom is -0.459 e. The summed E-state index contributed by atoms with van der Waals surface area (Å²) >= 11 is 0. The molecule has 7 nitrogen and oxygen atoms in total. The monoisotopic (exact) mass is 482 g/mol. The molecular formula is C28H38N2O5. The number of benzene rings is 2. The zero-order valence-electron chi connectivity index (χ0n) is 21.4. The number of alkyl carbamates (subject to hydrolysis) is 1. The Kier molecular flexibility index (Phi) is 10.8. The molecule has 0 bridgehead atoms. The molecule has 2 N–H and O–H groups in total. The van der Waals surface area contributed by atoms with Crippen LogP contribution < -0.4 is 10.6 Å². The van der Waals surface area contributed by atoms with Crippen molar-refractivity contribution in [3.05, 3.63) is 71.8 Å². The van der Waals surface area contributed by atoms with Gasteiger partial charge in [0.25, 0.3) is 0 Å². The number of esters is 1. The molecule has 190 valence electrons. The molecule has 7 heteroatoms. The molecule has 2 aromatic carbocycles. The van der Waals surface area contributed by atoms with Gasteiger partial charge in [0.15, 0.2) is 0 Å². The molecule has 0 aliphatic rings. The lowest BCUT2D eigenvalue weighted by Crippen LogP contribution is -2.47. The van der Waals surface area contributed by atoms with Crippen LogP contribution in [0.1, 0.15) is 58.6 Å². The van der Waals surface area contributed by atoms with Gasteiger partial charge in [0.2, 0.25) is 5.91 Å². The van der Waals surface area contributed by atoms with E-state index in [4.69, 9.17) is 9.47 Å². The minimum atomic E-state index is -0.773. The van der Waals surface area contributed by atoms with Crippen molar-refractivity contribution < 1.29 is 23.9 Å². The first kappa shape index (κ1) is 27.9. The highest BCUT2D eigenvalue weighted by atomic mass is 16.6. The summed E-state index contributed by atoms with van der Waals surface area (Å²) in [4.78, 5) is 38.1. The van der Waals surface area contributed by atoms with Crippen LogP contribution in [0.4, 0.5) is 4.79 Å². The van der Waals surface area contributed by atoms with Crippen LogP contribution in [-0.2, 0) is 32.1 Å². The Balaban J connectivity index is 2.04. The number of amides is 2. The lowest BCUT2D eigenvalue weighted by molar-refractivity contribution is -0.149. The molecule has 2 rings (SSSR count). The maximum Gasteiger partial charge on any atom is 0.407 e. The fourth-order valence-corrected chi connectivity index (χ4v) is 3.54. The van der Waals surface area contributed by atoms with Gasteiger partial charge in [-0.3, -0.25) is 4.79 Å². The van der Waals surface area contributed by atoms with Crippen molar-refractivity contribution in [2.75, 3.05) is 0 Å². The van der Waals surface area contributed by atoms with Crippen LogP contribution >= 0.6 is 0 Å². The normalized spacial score (nSPS) is 13.0. The van der Waals surface area contributed by atoms with Gasteiger partial charge in [-0.1, -0.05) is 74.5 Å². The van der Waals surface area contributed by atoms with E-state index in [2.05, 4.69) is 10.6 Å². The number of ether oxygens (including phenoxy) is 2. The summed E-state index contributed by atoms with van der Waals surface area (Å²) < 4.78 is 10.8. The zero-order chi connectivity index (χ0) is 25.8. The highest BCUT2D eigenvalue weighted by Gasteiger charge is 2.26. The molecule has 0 saturated heterocycles. The first-order chi connectivity index (χ1) is 16.5.